The zero-order valence-corrected chi connectivity index (χ0v) is 13.2. The van der Waals surface area contributed by atoms with Gasteiger partial charge in [0.25, 0.3) is 0 Å². The number of fused-ring (bicyclic) bond motifs is 1. The summed E-state index contributed by atoms with van der Waals surface area (Å²) in [6.45, 7) is 5.94. The molecule has 3 heteroatoms. The van der Waals surface area contributed by atoms with Gasteiger partial charge in [0.1, 0.15) is 0 Å². The highest BCUT2D eigenvalue weighted by Crippen LogP contribution is 2.39. The topological polar surface area (TPSA) is 32.3 Å². The smallest absolute Gasteiger partial charge is 0.232 e. The number of nitrogens with zero attached hydrogens (tertiary/aromatic N) is 1. The fraction of sp³-hybridized carbons (Fsp3) is 0.611. The Hall–Kier alpha value is -1.35. The predicted octanol–water partition coefficient (Wildman–Crippen LogP) is 3.48. The summed E-state index contributed by atoms with van der Waals surface area (Å²) in [5.41, 5.74) is 2.16. The largest absolute Gasteiger partial charge is 0.310 e. The lowest BCUT2D eigenvalue weighted by Gasteiger charge is -2.37. The molecule has 3 nitrogen and oxygen atoms in total. The maximum absolute atomic E-state index is 13.2. The molecule has 3 rings (SSSR count). The molecule has 0 spiro atoms. The second-order valence-corrected chi connectivity index (χ2v) is 6.95. The average molecular weight is 286 g/mol. The Kier molecular flexibility index (Phi) is 4.03. The zero-order valence-electron chi connectivity index (χ0n) is 13.2. The molecule has 1 aliphatic heterocycles. The van der Waals surface area contributed by atoms with Gasteiger partial charge in [-0.2, -0.15) is 0 Å². The SMILES string of the molecule is CC1CN(C(=O)C2(C)CCCCC2)c2ccccc2CN1. The molecule has 1 fully saturated rings. The molecule has 114 valence electrons. The number of nitrogens with one attached hydrogen (secondary N) is 1. The highest BCUT2D eigenvalue weighted by Gasteiger charge is 2.39. The molecule has 1 aliphatic carbocycles. The highest BCUT2D eigenvalue weighted by molar-refractivity contribution is 5.98. The van der Waals surface area contributed by atoms with Crippen molar-refractivity contribution in [3.8, 4) is 0 Å². The third-order valence-electron chi connectivity index (χ3n) is 5.10. The van der Waals surface area contributed by atoms with Crippen LogP contribution in [0.1, 0.15) is 51.5 Å². The van der Waals surface area contributed by atoms with Gasteiger partial charge in [-0.1, -0.05) is 44.4 Å². The van der Waals surface area contributed by atoms with Crippen LogP contribution in [0.3, 0.4) is 0 Å². The summed E-state index contributed by atoms with van der Waals surface area (Å²) < 4.78 is 0. The summed E-state index contributed by atoms with van der Waals surface area (Å²) >= 11 is 0. The maximum Gasteiger partial charge on any atom is 0.232 e. The Balaban J connectivity index is 1.93. The number of anilines is 1. The molecular formula is C18H26N2O. The Morgan fingerprint density at radius 1 is 1.24 bits per heavy atom. The van der Waals surface area contributed by atoms with Crippen LogP contribution >= 0.6 is 0 Å². The van der Waals surface area contributed by atoms with Gasteiger partial charge >= 0.3 is 0 Å². The van der Waals surface area contributed by atoms with E-state index >= 15 is 0 Å². The molecule has 1 aromatic rings. The van der Waals surface area contributed by atoms with Crippen molar-refractivity contribution in [1.29, 1.82) is 0 Å². The Morgan fingerprint density at radius 3 is 2.71 bits per heavy atom. The van der Waals surface area contributed by atoms with E-state index in [4.69, 9.17) is 0 Å². The molecule has 1 saturated carbocycles. The number of carbonyl (C=O) groups excluding carboxylic acids is 1. The predicted molar refractivity (Wildman–Crippen MR) is 86.3 cm³/mol. The quantitative estimate of drug-likeness (QED) is 0.857. The van der Waals surface area contributed by atoms with Gasteiger partial charge in [0.15, 0.2) is 0 Å². The molecule has 21 heavy (non-hydrogen) atoms. The third-order valence-corrected chi connectivity index (χ3v) is 5.10. The van der Waals surface area contributed by atoms with Crippen LogP contribution in [0.15, 0.2) is 24.3 Å². The molecular weight excluding hydrogens is 260 g/mol. The molecule has 0 aromatic heterocycles. The van der Waals surface area contributed by atoms with Crippen LogP contribution in [0, 0.1) is 5.41 Å². The van der Waals surface area contributed by atoms with E-state index in [2.05, 4.69) is 37.4 Å². The van der Waals surface area contributed by atoms with E-state index in [0.717, 1.165) is 31.6 Å². The number of hydrogen-bond donors (Lipinski definition) is 1. The number of benzene rings is 1. The van der Waals surface area contributed by atoms with Gasteiger partial charge in [-0.15, -0.1) is 0 Å². The first-order valence-corrected chi connectivity index (χ1v) is 8.23. The number of carbonyl (C=O) groups is 1. The summed E-state index contributed by atoms with van der Waals surface area (Å²) in [7, 11) is 0. The van der Waals surface area contributed by atoms with Crippen LogP contribution in [0.5, 0.6) is 0 Å². The van der Waals surface area contributed by atoms with Crippen molar-refractivity contribution in [3.05, 3.63) is 29.8 Å². The molecule has 1 atom stereocenters. The minimum absolute atomic E-state index is 0.171. The van der Waals surface area contributed by atoms with E-state index in [-0.39, 0.29) is 5.41 Å². The molecule has 1 aromatic carbocycles. The minimum atomic E-state index is -0.171. The van der Waals surface area contributed by atoms with E-state index < -0.39 is 0 Å². The fourth-order valence-corrected chi connectivity index (χ4v) is 3.71. The average Bonchev–Trinajstić information content (AvgIpc) is 2.67. The Bertz CT molecular complexity index is 520. The van der Waals surface area contributed by atoms with Crippen LogP contribution < -0.4 is 10.2 Å². The lowest BCUT2D eigenvalue weighted by molar-refractivity contribution is -0.129. The fourth-order valence-electron chi connectivity index (χ4n) is 3.71. The van der Waals surface area contributed by atoms with Gasteiger partial charge in [-0.25, -0.2) is 0 Å². The first-order valence-electron chi connectivity index (χ1n) is 8.23. The monoisotopic (exact) mass is 286 g/mol. The summed E-state index contributed by atoms with van der Waals surface area (Å²) in [5.74, 6) is 0.324. The van der Waals surface area contributed by atoms with Gasteiger partial charge < -0.3 is 10.2 Å². The van der Waals surface area contributed by atoms with E-state index in [1.807, 2.05) is 11.0 Å². The van der Waals surface area contributed by atoms with Crippen molar-refractivity contribution in [1.82, 2.24) is 5.32 Å². The molecule has 1 amide bonds. The lowest BCUT2D eigenvalue weighted by atomic mass is 9.74. The molecule has 1 N–H and O–H groups in total. The van der Waals surface area contributed by atoms with Crippen LogP contribution in [0.2, 0.25) is 0 Å². The first-order chi connectivity index (χ1) is 10.1. The van der Waals surface area contributed by atoms with E-state index in [1.54, 1.807) is 0 Å². The van der Waals surface area contributed by atoms with Crippen molar-refractivity contribution in [2.75, 3.05) is 11.4 Å². The van der Waals surface area contributed by atoms with Crippen LogP contribution in [0.4, 0.5) is 5.69 Å². The number of hydrogen-bond acceptors (Lipinski definition) is 2. The summed E-state index contributed by atoms with van der Waals surface area (Å²) in [4.78, 5) is 15.3. The molecule has 0 radical (unpaired) electrons. The number of amides is 1. The molecule has 1 heterocycles. The van der Waals surface area contributed by atoms with Crippen molar-refractivity contribution in [2.24, 2.45) is 5.41 Å². The van der Waals surface area contributed by atoms with E-state index in [0.29, 0.717) is 11.9 Å². The molecule has 2 aliphatic rings. The zero-order chi connectivity index (χ0) is 14.9. The van der Waals surface area contributed by atoms with E-state index in [9.17, 15) is 4.79 Å². The van der Waals surface area contributed by atoms with Gasteiger partial charge in [0, 0.05) is 30.2 Å². The van der Waals surface area contributed by atoms with E-state index in [1.165, 1.54) is 24.8 Å². The highest BCUT2D eigenvalue weighted by atomic mass is 16.2. The molecule has 0 saturated heterocycles. The van der Waals surface area contributed by atoms with Gasteiger partial charge in [-0.3, -0.25) is 4.79 Å². The minimum Gasteiger partial charge on any atom is -0.310 e. The van der Waals surface area contributed by atoms with Gasteiger partial charge in [0.05, 0.1) is 0 Å². The van der Waals surface area contributed by atoms with Gasteiger partial charge in [0.2, 0.25) is 5.91 Å². The van der Waals surface area contributed by atoms with Crippen molar-refractivity contribution in [3.63, 3.8) is 0 Å². The van der Waals surface area contributed by atoms with Crippen molar-refractivity contribution >= 4 is 11.6 Å². The second kappa shape index (κ2) is 5.80. The molecule has 1 unspecified atom stereocenters. The normalized spacial score (nSPS) is 25.0. The van der Waals surface area contributed by atoms with Crippen molar-refractivity contribution in [2.45, 2.75) is 58.5 Å². The summed E-state index contributed by atoms with van der Waals surface area (Å²) in [6, 6.07) is 8.65. The maximum atomic E-state index is 13.2. The van der Waals surface area contributed by atoms with Gasteiger partial charge in [-0.05, 0) is 31.4 Å². The first kappa shape index (κ1) is 14.6. The lowest BCUT2D eigenvalue weighted by Crippen LogP contribution is -2.47. The Labute approximate surface area is 127 Å². The summed E-state index contributed by atoms with van der Waals surface area (Å²) in [5, 5.41) is 3.51. The molecule has 0 bridgehead atoms. The number of rotatable bonds is 1. The van der Waals surface area contributed by atoms with Crippen molar-refractivity contribution < 1.29 is 4.79 Å². The second-order valence-electron chi connectivity index (χ2n) is 6.95. The number of para-hydroxylation sites is 1. The Morgan fingerprint density at radius 2 is 1.95 bits per heavy atom. The standard InChI is InChI=1S/C18H26N2O/c1-14-13-20(16-9-5-4-8-15(16)12-19-14)17(21)18(2)10-6-3-7-11-18/h4-5,8-9,14,19H,3,6-7,10-13H2,1-2H3. The van der Waals surface area contributed by atoms with Crippen LogP contribution in [0.25, 0.3) is 0 Å². The summed E-state index contributed by atoms with van der Waals surface area (Å²) in [6.07, 6.45) is 5.72. The van der Waals surface area contributed by atoms with Crippen LogP contribution in [-0.2, 0) is 11.3 Å². The third kappa shape index (κ3) is 2.84. The van der Waals surface area contributed by atoms with Crippen LogP contribution in [-0.4, -0.2) is 18.5 Å².